The molecule has 0 radical (unpaired) electrons. The number of benzene rings is 2. The van der Waals surface area contributed by atoms with Gasteiger partial charge in [0.05, 0.1) is 11.1 Å². The number of ether oxygens (including phenoxy) is 2. The Morgan fingerprint density at radius 3 is 2.75 bits per heavy atom. The molecule has 5 nitrogen and oxygen atoms in total. The zero-order valence-corrected chi connectivity index (χ0v) is 15.4. The molecule has 28 heavy (non-hydrogen) atoms. The molecule has 1 amide bonds. The van der Waals surface area contributed by atoms with Gasteiger partial charge in [0.15, 0.2) is 11.5 Å². The van der Waals surface area contributed by atoms with Gasteiger partial charge in [-0.15, -0.1) is 0 Å². The molecule has 0 aromatic heterocycles. The average Bonchev–Trinajstić information content (AvgIpc) is 3.60. The summed E-state index contributed by atoms with van der Waals surface area (Å²) < 4.78 is 25.4. The minimum Gasteiger partial charge on any atom is -0.454 e. The standard InChI is InChI=1S/C22H21FN2O3/c23-16-10-15(7-13-8-17(12-1-2-12)25-20(13)16)24-21(26)22(5-6-22)14-3-4-18-19(9-14)28-11-27-18/h3-4,7,9-10,12,17,25H,1-2,5-6,8,11H2,(H,24,26). The quantitative estimate of drug-likeness (QED) is 0.843. The van der Waals surface area contributed by atoms with E-state index >= 15 is 0 Å². The molecule has 1 atom stereocenters. The van der Waals surface area contributed by atoms with Crippen LogP contribution in [0.15, 0.2) is 30.3 Å². The summed E-state index contributed by atoms with van der Waals surface area (Å²) in [4.78, 5) is 13.1. The summed E-state index contributed by atoms with van der Waals surface area (Å²) in [7, 11) is 0. The molecule has 6 rings (SSSR count). The molecule has 2 saturated carbocycles. The first-order valence-corrected chi connectivity index (χ1v) is 9.93. The molecule has 0 bridgehead atoms. The first kappa shape index (κ1) is 16.2. The number of nitrogens with one attached hydrogen (secondary N) is 2. The smallest absolute Gasteiger partial charge is 0.235 e. The van der Waals surface area contributed by atoms with Gasteiger partial charge in [0.1, 0.15) is 5.82 Å². The summed E-state index contributed by atoms with van der Waals surface area (Å²) >= 11 is 0. The first-order chi connectivity index (χ1) is 13.6. The van der Waals surface area contributed by atoms with Crippen LogP contribution in [0, 0.1) is 11.7 Å². The minimum atomic E-state index is -0.564. The van der Waals surface area contributed by atoms with Crippen molar-refractivity contribution < 1.29 is 18.7 Å². The number of carbonyl (C=O) groups is 1. The van der Waals surface area contributed by atoms with Gasteiger partial charge in [-0.3, -0.25) is 4.79 Å². The van der Waals surface area contributed by atoms with Crippen LogP contribution >= 0.6 is 0 Å². The van der Waals surface area contributed by atoms with E-state index in [2.05, 4.69) is 10.6 Å². The van der Waals surface area contributed by atoms with Gasteiger partial charge in [-0.2, -0.15) is 0 Å². The summed E-state index contributed by atoms with van der Waals surface area (Å²) in [6.07, 6.45) is 4.81. The molecule has 2 aliphatic carbocycles. The lowest BCUT2D eigenvalue weighted by Gasteiger charge is -2.17. The van der Waals surface area contributed by atoms with Gasteiger partial charge in [-0.05, 0) is 73.4 Å². The first-order valence-electron chi connectivity index (χ1n) is 9.93. The Morgan fingerprint density at radius 1 is 1.14 bits per heavy atom. The van der Waals surface area contributed by atoms with Gasteiger partial charge in [0, 0.05) is 11.7 Å². The molecular formula is C22H21FN2O3. The SMILES string of the molecule is O=C(Nc1cc(F)c2c(c1)CC(C1CC1)N2)C1(c2ccc3c(c2)OCO3)CC1. The minimum absolute atomic E-state index is 0.0876. The Hall–Kier alpha value is -2.76. The fourth-order valence-electron chi connectivity index (χ4n) is 4.53. The van der Waals surface area contributed by atoms with Crippen LogP contribution < -0.4 is 20.1 Å². The van der Waals surface area contributed by atoms with Crippen LogP contribution in [0.5, 0.6) is 11.5 Å². The van der Waals surface area contributed by atoms with E-state index in [1.54, 1.807) is 0 Å². The number of carbonyl (C=O) groups excluding carboxylic acids is 1. The second-order valence-corrected chi connectivity index (χ2v) is 8.39. The molecule has 1 unspecified atom stereocenters. The largest absolute Gasteiger partial charge is 0.454 e. The number of anilines is 2. The summed E-state index contributed by atoms with van der Waals surface area (Å²) in [5.41, 5.74) is 2.45. The highest BCUT2D eigenvalue weighted by Crippen LogP contribution is 2.51. The third-order valence-corrected chi connectivity index (χ3v) is 6.50. The summed E-state index contributed by atoms with van der Waals surface area (Å²) in [6, 6.07) is 9.34. The maximum absolute atomic E-state index is 14.6. The van der Waals surface area contributed by atoms with Crippen molar-refractivity contribution in [3.05, 3.63) is 47.3 Å². The molecule has 2 heterocycles. The zero-order chi connectivity index (χ0) is 18.9. The van der Waals surface area contributed by atoms with Crippen LogP contribution in [-0.4, -0.2) is 18.7 Å². The number of halogens is 1. The Balaban J connectivity index is 1.24. The second kappa shape index (κ2) is 5.63. The van der Waals surface area contributed by atoms with Gasteiger partial charge >= 0.3 is 0 Å². The van der Waals surface area contributed by atoms with Crippen molar-refractivity contribution in [2.45, 2.75) is 43.6 Å². The predicted molar refractivity (Wildman–Crippen MR) is 102 cm³/mol. The van der Waals surface area contributed by atoms with Crippen molar-refractivity contribution in [3.63, 3.8) is 0 Å². The molecule has 0 saturated heterocycles. The Bertz CT molecular complexity index is 998. The molecule has 144 valence electrons. The maximum Gasteiger partial charge on any atom is 0.235 e. The number of fused-ring (bicyclic) bond motifs is 2. The topological polar surface area (TPSA) is 59.6 Å². The second-order valence-electron chi connectivity index (χ2n) is 8.39. The van der Waals surface area contributed by atoms with Crippen molar-refractivity contribution >= 4 is 17.3 Å². The number of amides is 1. The maximum atomic E-state index is 14.6. The summed E-state index contributed by atoms with van der Waals surface area (Å²) in [5, 5.41) is 6.29. The monoisotopic (exact) mass is 380 g/mol. The lowest BCUT2D eigenvalue weighted by atomic mass is 9.94. The Morgan fingerprint density at radius 2 is 1.96 bits per heavy atom. The molecule has 2 aromatic rings. The molecular weight excluding hydrogens is 359 g/mol. The normalized spacial score (nSPS) is 23.1. The highest BCUT2D eigenvalue weighted by Gasteiger charge is 2.51. The lowest BCUT2D eigenvalue weighted by Crippen LogP contribution is -2.27. The Labute approximate surface area is 162 Å². The third kappa shape index (κ3) is 2.47. The van der Waals surface area contributed by atoms with Crippen molar-refractivity contribution in [2.24, 2.45) is 5.92 Å². The molecule has 2 aromatic carbocycles. The van der Waals surface area contributed by atoms with Crippen molar-refractivity contribution in [2.75, 3.05) is 17.4 Å². The molecule has 4 aliphatic rings. The Kier molecular flexibility index (Phi) is 3.26. The van der Waals surface area contributed by atoms with Crippen molar-refractivity contribution in [1.29, 1.82) is 0 Å². The van der Waals surface area contributed by atoms with E-state index in [1.807, 2.05) is 24.3 Å². The van der Waals surface area contributed by atoms with Gasteiger partial charge < -0.3 is 20.1 Å². The molecule has 2 fully saturated rings. The number of rotatable bonds is 4. The molecule has 2 N–H and O–H groups in total. The van der Waals surface area contributed by atoms with E-state index in [0.717, 1.165) is 30.4 Å². The molecule has 6 heteroatoms. The van der Waals surface area contributed by atoms with Crippen LogP contribution in [0.1, 0.15) is 36.8 Å². The van der Waals surface area contributed by atoms with E-state index in [-0.39, 0.29) is 18.5 Å². The lowest BCUT2D eigenvalue weighted by molar-refractivity contribution is -0.118. The van der Waals surface area contributed by atoms with E-state index in [1.165, 1.54) is 18.9 Å². The number of hydrogen-bond donors (Lipinski definition) is 2. The fourth-order valence-corrected chi connectivity index (χ4v) is 4.53. The zero-order valence-electron chi connectivity index (χ0n) is 15.4. The van der Waals surface area contributed by atoms with Crippen LogP contribution in [0.2, 0.25) is 0 Å². The summed E-state index contributed by atoms with van der Waals surface area (Å²) in [6.45, 7) is 0.211. The van der Waals surface area contributed by atoms with Crippen molar-refractivity contribution in [3.8, 4) is 11.5 Å². The van der Waals surface area contributed by atoms with Gasteiger partial charge in [-0.25, -0.2) is 4.39 Å². The van der Waals surface area contributed by atoms with E-state index < -0.39 is 5.41 Å². The highest BCUT2D eigenvalue weighted by molar-refractivity contribution is 6.01. The fraction of sp³-hybridized carbons (Fsp3) is 0.409. The van der Waals surface area contributed by atoms with E-state index in [4.69, 9.17) is 9.47 Å². The van der Waals surface area contributed by atoms with Gasteiger partial charge in [0.25, 0.3) is 0 Å². The van der Waals surface area contributed by atoms with Crippen molar-refractivity contribution in [1.82, 2.24) is 0 Å². The van der Waals surface area contributed by atoms with E-state index in [9.17, 15) is 9.18 Å². The predicted octanol–water partition coefficient (Wildman–Crippen LogP) is 3.97. The van der Waals surface area contributed by atoms with Crippen LogP contribution in [-0.2, 0) is 16.6 Å². The van der Waals surface area contributed by atoms with Crippen LogP contribution in [0.4, 0.5) is 15.8 Å². The molecule has 2 aliphatic heterocycles. The molecule has 0 spiro atoms. The van der Waals surface area contributed by atoms with E-state index in [0.29, 0.717) is 34.8 Å². The van der Waals surface area contributed by atoms with Crippen LogP contribution in [0.25, 0.3) is 0 Å². The average molecular weight is 380 g/mol. The highest BCUT2D eigenvalue weighted by atomic mass is 19.1. The summed E-state index contributed by atoms with van der Waals surface area (Å²) in [5.74, 6) is 1.67. The number of hydrogen-bond acceptors (Lipinski definition) is 4. The van der Waals surface area contributed by atoms with Gasteiger partial charge in [-0.1, -0.05) is 6.07 Å². The van der Waals surface area contributed by atoms with Gasteiger partial charge in [0.2, 0.25) is 12.7 Å². The van der Waals surface area contributed by atoms with Crippen LogP contribution in [0.3, 0.4) is 0 Å². The third-order valence-electron chi connectivity index (χ3n) is 6.50.